The molecule has 0 amide bonds. The minimum Gasteiger partial charge on any atom is -0.276 e. The molecule has 8 heteroatoms. The van der Waals surface area contributed by atoms with Crippen LogP contribution in [0.3, 0.4) is 0 Å². The summed E-state index contributed by atoms with van der Waals surface area (Å²) in [5.74, 6) is 0. The van der Waals surface area contributed by atoms with Gasteiger partial charge < -0.3 is 0 Å². The third-order valence-corrected chi connectivity index (χ3v) is 3.83. The van der Waals surface area contributed by atoms with Gasteiger partial charge in [0.1, 0.15) is 4.90 Å². The van der Waals surface area contributed by atoms with E-state index in [1.165, 1.54) is 29.3 Å². The van der Waals surface area contributed by atoms with Crippen molar-refractivity contribution in [2.75, 3.05) is 4.72 Å². The highest BCUT2D eigenvalue weighted by Gasteiger charge is 2.18. The Hall–Kier alpha value is -1.60. The molecular weight excluding hydrogens is 264 g/mol. The molecule has 6 nitrogen and oxygen atoms in total. The highest BCUT2D eigenvalue weighted by Crippen LogP contribution is 2.21. The molecular formula is C9H9ClN4O2S. The molecule has 0 unspecified atom stereocenters. The zero-order valence-electron chi connectivity index (χ0n) is 8.83. The van der Waals surface area contributed by atoms with Gasteiger partial charge in [0, 0.05) is 25.6 Å². The Morgan fingerprint density at radius 2 is 2.18 bits per heavy atom. The predicted octanol–water partition coefficient (Wildman–Crippen LogP) is 1.27. The van der Waals surface area contributed by atoms with E-state index in [9.17, 15) is 8.42 Å². The van der Waals surface area contributed by atoms with Gasteiger partial charge in [0.05, 0.1) is 16.9 Å². The summed E-state index contributed by atoms with van der Waals surface area (Å²) in [4.78, 5) is 3.67. The van der Waals surface area contributed by atoms with Gasteiger partial charge >= 0.3 is 0 Å². The Morgan fingerprint density at radius 3 is 2.76 bits per heavy atom. The fraction of sp³-hybridized carbons (Fsp3) is 0.111. The molecule has 90 valence electrons. The summed E-state index contributed by atoms with van der Waals surface area (Å²) in [5.41, 5.74) is 0.368. The van der Waals surface area contributed by atoms with E-state index in [4.69, 9.17) is 11.6 Å². The third kappa shape index (κ3) is 2.56. The van der Waals surface area contributed by atoms with Crippen molar-refractivity contribution in [2.45, 2.75) is 4.90 Å². The molecule has 0 spiro atoms. The standard InChI is InChI=1S/C9H9ClN4O2S/c1-14-6-7(4-12-14)13-17(15,16)9-5-11-3-2-8(9)10/h2-6,13H,1H3. The number of halogens is 1. The number of pyridine rings is 1. The smallest absolute Gasteiger partial charge is 0.265 e. The zero-order valence-corrected chi connectivity index (χ0v) is 10.4. The second kappa shape index (κ2) is 4.34. The summed E-state index contributed by atoms with van der Waals surface area (Å²) in [6.07, 6.45) is 5.57. The topological polar surface area (TPSA) is 76.9 Å². The molecule has 2 aromatic rings. The Morgan fingerprint density at radius 1 is 1.41 bits per heavy atom. The van der Waals surface area contributed by atoms with Gasteiger partial charge in [-0.3, -0.25) is 14.4 Å². The number of aromatic nitrogens is 3. The van der Waals surface area contributed by atoms with E-state index in [0.29, 0.717) is 5.69 Å². The number of hydrogen-bond donors (Lipinski definition) is 1. The molecule has 0 saturated carbocycles. The van der Waals surface area contributed by atoms with E-state index in [-0.39, 0.29) is 9.92 Å². The van der Waals surface area contributed by atoms with Crippen molar-refractivity contribution in [1.82, 2.24) is 14.8 Å². The molecule has 1 N–H and O–H groups in total. The van der Waals surface area contributed by atoms with E-state index in [0.717, 1.165) is 0 Å². The molecule has 2 rings (SSSR count). The number of aryl methyl sites for hydroxylation is 1. The molecule has 0 atom stereocenters. The number of hydrogen-bond acceptors (Lipinski definition) is 4. The highest BCUT2D eigenvalue weighted by atomic mass is 35.5. The van der Waals surface area contributed by atoms with Crippen molar-refractivity contribution in [3.8, 4) is 0 Å². The Labute approximate surface area is 103 Å². The molecule has 0 saturated heterocycles. The van der Waals surface area contributed by atoms with Crippen LogP contribution in [0.25, 0.3) is 0 Å². The van der Waals surface area contributed by atoms with Crippen LogP contribution in [-0.4, -0.2) is 23.2 Å². The second-order valence-electron chi connectivity index (χ2n) is 3.31. The molecule has 0 aliphatic carbocycles. The summed E-state index contributed by atoms with van der Waals surface area (Å²) in [7, 11) is -2.04. The van der Waals surface area contributed by atoms with E-state index in [1.807, 2.05) is 0 Å². The van der Waals surface area contributed by atoms with Gasteiger partial charge in [-0.05, 0) is 6.07 Å². The van der Waals surface area contributed by atoms with E-state index < -0.39 is 10.0 Å². The summed E-state index contributed by atoms with van der Waals surface area (Å²) in [6.45, 7) is 0. The van der Waals surface area contributed by atoms with Gasteiger partial charge in [0.25, 0.3) is 10.0 Å². The van der Waals surface area contributed by atoms with Gasteiger partial charge in [0.15, 0.2) is 0 Å². The minimum absolute atomic E-state index is 0.0643. The van der Waals surface area contributed by atoms with Crippen LogP contribution in [0.4, 0.5) is 5.69 Å². The summed E-state index contributed by atoms with van der Waals surface area (Å²) in [5, 5.41) is 3.98. The number of anilines is 1. The van der Waals surface area contributed by atoms with Crippen molar-refractivity contribution in [3.63, 3.8) is 0 Å². The maximum Gasteiger partial charge on any atom is 0.265 e. The van der Waals surface area contributed by atoms with Crippen LogP contribution in [-0.2, 0) is 17.1 Å². The SMILES string of the molecule is Cn1cc(NS(=O)(=O)c2cnccc2Cl)cn1. The maximum absolute atomic E-state index is 12.0. The largest absolute Gasteiger partial charge is 0.276 e. The zero-order chi connectivity index (χ0) is 12.5. The average Bonchev–Trinajstić information content (AvgIpc) is 2.63. The monoisotopic (exact) mass is 272 g/mol. The quantitative estimate of drug-likeness (QED) is 0.913. The molecule has 0 aliphatic heterocycles. The van der Waals surface area contributed by atoms with Crippen molar-refractivity contribution in [1.29, 1.82) is 0 Å². The minimum atomic E-state index is -3.73. The summed E-state index contributed by atoms with van der Waals surface area (Å²) in [6, 6.07) is 1.42. The first-order chi connectivity index (χ1) is 7.99. The maximum atomic E-state index is 12.0. The molecule has 0 radical (unpaired) electrons. The number of nitrogens with one attached hydrogen (secondary N) is 1. The number of rotatable bonds is 3. The second-order valence-corrected chi connectivity index (χ2v) is 5.37. The van der Waals surface area contributed by atoms with Crippen LogP contribution in [0, 0.1) is 0 Å². The lowest BCUT2D eigenvalue weighted by Gasteiger charge is -2.06. The first-order valence-corrected chi connectivity index (χ1v) is 6.46. The van der Waals surface area contributed by atoms with Crippen LogP contribution in [0.1, 0.15) is 0 Å². The third-order valence-electron chi connectivity index (χ3n) is 1.98. The first kappa shape index (κ1) is 11.9. The van der Waals surface area contributed by atoms with Crippen molar-refractivity contribution in [3.05, 3.63) is 35.9 Å². The first-order valence-electron chi connectivity index (χ1n) is 4.60. The Balaban J connectivity index is 2.35. The van der Waals surface area contributed by atoms with Crippen LogP contribution < -0.4 is 4.72 Å². The molecule has 0 fully saturated rings. The Kier molecular flexibility index (Phi) is 3.03. The lowest BCUT2D eigenvalue weighted by Crippen LogP contribution is -2.13. The predicted molar refractivity (Wildman–Crippen MR) is 63.3 cm³/mol. The van der Waals surface area contributed by atoms with Gasteiger partial charge in [-0.2, -0.15) is 5.10 Å². The fourth-order valence-corrected chi connectivity index (χ4v) is 2.70. The summed E-state index contributed by atoms with van der Waals surface area (Å²) < 4.78 is 27.8. The molecule has 2 heterocycles. The van der Waals surface area contributed by atoms with Crippen molar-refractivity contribution < 1.29 is 8.42 Å². The average molecular weight is 273 g/mol. The van der Waals surface area contributed by atoms with Crippen LogP contribution in [0.5, 0.6) is 0 Å². The molecule has 0 aromatic carbocycles. The summed E-state index contributed by atoms with van der Waals surface area (Å²) >= 11 is 5.80. The van der Waals surface area contributed by atoms with Crippen LogP contribution in [0.2, 0.25) is 5.02 Å². The lowest BCUT2D eigenvalue weighted by atomic mass is 10.5. The van der Waals surface area contributed by atoms with Gasteiger partial charge in [-0.1, -0.05) is 11.6 Å². The number of nitrogens with zero attached hydrogens (tertiary/aromatic N) is 3. The lowest BCUT2D eigenvalue weighted by molar-refractivity contribution is 0.601. The van der Waals surface area contributed by atoms with E-state index in [2.05, 4.69) is 14.8 Å². The normalized spacial score (nSPS) is 11.4. The van der Waals surface area contributed by atoms with Gasteiger partial charge in [-0.15, -0.1) is 0 Å². The highest BCUT2D eigenvalue weighted by molar-refractivity contribution is 7.92. The van der Waals surface area contributed by atoms with Gasteiger partial charge in [-0.25, -0.2) is 8.42 Å². The van der Waals surface area contributed by atoms with Crippen LogP contribution >= 0.6 is 11.6 Å². The van der Waals surface area contributed by atoms with E-state index in [1.54, 1.807) is 13.2 Å². The molecule has 2 aromatic heterocycles. The van der Waals surface area contributed by atoms with E-state index >= 15 is 0 Å². The van der Waals surface area contributed by atoms with Crippen molar-refractivity contribution in [2.24, 2.45) is 7.05 Å². The molecule has 0 aliphatic rings. The Bertz CT molecular complexity index is 638. The molecule has 17 heavy (non-hydrogen) atoms. The van der Waals surface area contributed by atoms with Crippen LogP contribution in [0.15, 0.2) is 35.7 Å². The molecule has 0 bridgehead atoms. The van der Waals surface area contributed by atoms with Crippen molar-refractivity contribution >= 4 is 27.3 Å². The number of sulfonamides is 1. The fourth-order valence-electron chi connectivity index (χ4n) is 1.24. The van der Waals surface area contributed by atoms with Gasteiger partial charge in [0.2, 0.25) is 0 Å².